The number of nitrogens with zero attached hydrogens (tertiary/aromatic N) is 1. The molecule has 1 aromatic rings. The number of thiophene rings is 1. The molecule has 1 unspecified atom stereocenters. The van der Waals surface area contributed by atoms with E-state index in [-0.39, 0.29) is 6.04 Å². The van der Waals surface area contributed by atoms with Gasteiger partial charge in [-0.2, -0.15) is 11.3 Å². The maximum Gasteiger partial charge on any atom is 0.196 e. The molecule has 0 bridgehead atoms. The van der Waals surface area contributed by atoms with Gasteiger partial charge < -0.3 is 5.32 Å². The first kappa shape index (κ1) is 7.83. The maximum absolute atomic E-state index is 5.72. The molecule has 2 rings (SSSR count). The van der Waals surface area contributed by atoms with Crippen LogP contribution in [0.25, 0.3) is 0 Å². The molecule has 1 N–H and O–H groups in total. The first-order valence-corrected chi connectivity index (χ1v) is 4.87. The van der Waals surface area contributed by atoms with Gasteiger partial charge in [0.15, 0.2) is 5.29 Å². The summed E-state index contributed by atoms with van der Waals surface area (Å²) in [5.74, 6) is 0. The number of halogens is 1. The predicted octanol–water partition coefficient (Wildman–Crippen LogP) is 2.50. The Bertz CT molecular complexity index is 316. The summed E-state index contributed by atoms with van der Waals surface area (Å²) in [6.07, 6.45) is 3.80. The van der Waals surface area contributed by atoms with Gasteiger partial charge in [0.2, 0.25) is 0 Å². The maximum atomic E-state index is 5.72. The zero-order valence-electron chi connectivity index (χ0n) is 6.20. The Morgan fingerprint density at radius 3 is 3.17 bits per heavy atom. The highest BCUT2D eigenvalue weighted by atomic mass is 35.5. The average Bonchev–Trinajstić information content (AvgIpc) is 2.56. The van der Waals surface area contributed by atoms with E-state index >= 15 is 0 Å². The second-order valence-corrected chi connectivity index (χ2v) is 3.56. The fraction of sp³-hybridized carbons (Fsp3) is 0.125. The predicted molar refractivity (Wildman–Crippen MR) is 52.6 cm³/mol. The van der Waals surface area contributed by atoms with E-state index in [1.54, 1.807) is 11.3 Å². The van der Waals surface area contributed by atoms with Crippen molar-refractivity contribution in [2.45, 2.75) is 6.04 Å². The smallest absolute Gasteiger partial charge is 0.196 e. The minimum atomic E-state index is 0.0880. The van der Waals surface area contributed by atoms with Gasteiger partial charge in [-0.1, -0.05) is 0 Å². The second kappa shape index (κ2) is 3.29. The lowest BCUT2D eigenvalue weighted by molar-refractivity contribution is 0.885. The number of hydrogen-bond donors (Lipinski definition) is 1. The summed E-state index contributed by atoms with van der Waals surface area (Å²) >= 11 is 7.39. The Hall–Kier alpha value is -0.800. The fourth-order valence-corrected chi connectivity index (χ4v) is 1.90. The van der Waals surface area contributed by atoms with Crippen molar-refractivity contribution in [2.24, 2.45) is 4.99 Å². The van der Waals surface area contributed by atoms with Crippen LogP contribution < -0.4 is 5.32 Å². The van der Waals surface area contributed by atoms with Crippen molar-refractivity contribution in [1.82, 2.24) is 5.32 Å². The van der Waals surface area contributed by atoms with Crippen LogP contribution in [0.5, 0.6) is 0 Å². The summed E-state index contributed by atoms with van der Waals surface area (Å²) in [6.45, 7) is 0. The summed E-state index contributed by atoms with van der Waals surface area (Å²) in [5.41, 5.74) is 1.19. The van der Waals surface area contributed by atoms with Gasteiger partial charge in [-0.25, -0.2) is 4.99 Å². The van der Waals surface area contributed by atoms with Gasteiger partial charge in [0, 0.05) is 6.20 Å². The molecule has 0 fully saturated rings. The van der Waals surface area contributed by atoms with Gasteiger partial charge in [-0.3, -0.25) is 0 Å². The van der Waals surface area contributed by atoms with Crippen LogP contribution in [0.1, 0.15) is 11.6 Å². The van der Waals surface area contributed by atoms with E-state index in [1.165, 1.54) is 5.56 Å². The first-order valence-electron chi connectivity index (χ1n) is 3.55. The van der Waals surface area contributed by atoms with E-state index in [9.17, 15) is 0 Å². The average molecular weight is 199 g/mol. The molecule has 2 heterocycles. The van der Waals surface area contributed by atoms with Gasteiger partial charge in [0.1, 0.15) is 0 Å². The van der Waals surface area contributed by atoms with Gasteiger partial charge in [0.05, 0.1) is 6.04 Å². The lowest BCUT2D eigenvalue weighted by Gasteiger charge is -2.11. The van der Waals surface area contributed by atoms with Crippen LogP contribution in [-0.4, -0.2) is 5.29 Å². The van der Waals surface area contributed by atoms with Crippen molar-refractivity contribution in [3.8, 4) is 0 Å². The van der Waals surface area contributed by atoms with Gasteiger partial charge in [0.25, 0.3) is 0 Å². The molecule has 0 saturated heterocycles. The minimum absolute atomic E-state index is 0.0880. The standard InChI is InChI=1S/C8H7ClN2S/c9-8-10-3-1-7(11-8)6-2-4-12-5-6/h1-5,7H,(H,10,11). The lowest BCUT2D eigenvalue weighted by Crippen LogP contribution is -2.15. The Balaban J connectivity index is 2.25. The van der Waals surface area contributed by atoms with E-state index in [0.717, 1.165) is 0 Å². The molecule has 0 spiro atoms. The van der Waals surface area contributed by atoms with Gasteiger partial charge in [-0.15, -0.1) is 0 Å². The van der Waals surface area contributed by atoms with Crippen LogP contribution in [0.4, 0.5) is 0 Å². The topological polar surface area (TPSA) is 24.4 Å². The van der Waals surface area contributed by atoms with Crippen LogP contribution in [0.3, 0.4) is 0 Å². The third-order valence-electron chi connectivity index (χ3n) is 1.62. The normalized spacial score (nSPS) is 21.8. The second-order valence-electron chi connectivity index (χ2n) is 2.42. The van der Waals surface area contributed by atoms with Crippen LogP contribution in [0.15, 0.2) is 34.1 Å². The Labute approximate surface area is 79.6 Å². The van der Waals surface area contributed by atoms with Gasteiger partial charge >= 0.3 is 0 Å². The fourth-order valence-electron chi connectivity index (χ4n) is 1.04. The molecule has 1 aliphatic heterocycles. The summed E-state index contributed by atoms with van der Waals surface area (Å²) < 4.78 is 0. The van der Waals surface area contributed by atoms with E-state index in [1.807, 2.05) is 17.7 Å². The lowest BCUT2D eigenvalue weighted by atomic mass is 10.1. The molecule has 4 heteroatoms. The molecular formula is C8H7ClN2S. The Kier molecular flexibility index (Phi) is 2.15. The third kappa shape index (κ3) is 1.52. The van der Waals surface area contributed by atoms with Crippen molar-refractivity contribution < 1.29 is 0 Å². The molecule has 0 radical (unpaired) electrons. The minimum Gasteiger partial charge on any atom is -0.337 e. The summed E-state index contributed by atoms with van der Waals surface area (Å²) in [6, 6.07) is 2.14. The Morgan fingerprint density at radius 2 is 2.50 bits per heavy atom. The summed E-state index contributed by atoms with van der Waals surface area (Å²) in [5, 5.41) is 7.38. The quantitative estimate of drug-likeness (QED) is 0.689. The summed E-state index contributed by atoms with van der Waals surface area (Å²) in [4.78, 5) is 4.22. The number of hydrogen-bond acceptors (Lipinski definition) is 3. The van der Waals surface area contributed by atoms with Crippen molar-refractivity contribution in [3.05, 3.63) is 34.7 Å². The number of nitrogens with one attached hydrogen (secondary N) is 1. The van der Waals surface area contributed by atoms with Crippen molar-refractivity contribution in [1.29, 1.82) is 0 Å². The Morgan fingerprint density at radius 1 is 1.58 bits per heavy atom. The molecule has 1 aromatic heterocycles. The zero-order chi connectivity index (χ0) is 8.39. The number of amidine groups is 1. The van der Waals surface area contributed by atoms with E-state index in [0.29, 0.717) is 5.29 Å². The number of aliphatic imine (C=N–C) groups is 1. The van der Waals surface area contributed by atoms with E-state index < -0.39 is 0 Å². The van der Waals surface area contributed by atoms with Gasteiger partial charge in [-0.05, 0) is 40.1 Å². The molecule has 0 aromatic carbocycles. The van der Waals surface area contributed by atoms with Crippen molar-refractivity contribution >= 4 is 28.2 Å². The van der Waals surface area contributed by atoms with Crippen LogP contribution in [-0.2, 0) is 0 Å². The first-order chi connectivity index (χ1) is 5.86. The van der Waals surface area contributed by atoms with E-state index in [4.69, 9.17) is 11.6 Å². The van der Waals surface area contributed by atoms with Crippen LogP contribution in [0, 0.1) is 0 Å². The molecule has 0 aliphatic carbocycles. The number of rotatable bonds is 1. The van der Waals surface area contributed by atoms with Crippen molar-refractivity contribution in [2.75, 3.05) is 0 Å². The van der Waals surface area contributed by atoms with E-state index in [2.05, 4.69) is 21.8 Å². The SMILES string of the molecule is ClC1=NC(c2ccsc2)C=CN1. The molecule has 62 valence electrons. The molecule has 12 heavy (non-hydrogen) atoms. The van der Waals surface area contributed by atoms with Crippen molar-refractivity contribution in [3.63, 3.8) is 0 Å². The highest BCUT2D eigenvalue weighted by molar-refractivity contribution is 7.08. The molecule has 0 amide bonds. The molecule has 0 saturated carbocycles. The zero-order valence-corrected chi connectivity index (χ0v) is 7.77. The summed E-state index contributed by atoms with van der Waals surface area (Å²) in [7, 11) is 0. The molecule has 1 atom stereocenters. The third-order valence-corrected chi connectivity index (χ3v) is 2.53. The van der Waals surface area contributed by atoms with Crippen LogP contribution >= 0.6 is 22.9 Å². The monoisotopic (exact) mass is 198 g/mol. The highest BCUT2D eigenvalue weighted by Gasteiger charge is 2.10. The van der Waals surface area contributed by atoms with Crippen LogP contribution in [0.2, 0.25) is 0 Å². The molecule has 1 aliphatic rings. The molecule has 2 nitrogen and oxygen atoms in total. The molecular weight excluding hydrogens is 192 g/mol. The highest BCUT2D eigenvalue weighted by Crippen LogP contribution is 2.23. The largest absolute Gasteiger partial charge is 0.337 e.